The van der Waals surface area contributed by atoms with Gasteiger partial charge < -0.3 is 10.2 Å². The fourth-order valence-electron chi connectivity index (χ4n) is 4.14. The second-order valence-electron chi connectivity index (χ2n) is 8.21. The lowest BCUT2D eigenvalue weighted by Gasteiger charge is -2.20. The molecule has 2 aliphatic heterocycles. The fourth-order valence-corrected chi connectivity index (χ4v) is 5.66. The molecule has 0 radical (unpaired) electrons. The predicted octanol–water partition coefficient (Wildman–Crippen LogP) is 3.38. The Kier molecular flexibility index (Phi) is 6.57. The molecular formula is C23H26FN3O4S. The van der Waals surface area contributed by atoms with Crippen LogP contribution in [0.15, 0.2) is 53.4 Å². The van der Waals surface area contributed by atoms with E-state index in [1.807, 2.05) is 0 Å². The van der Waals surface area contributed by atoms with Crippen LogP contribution in [0.25, 0.3) is 0 Å². The van der Waals surface area contributed by atoms with Gasteiger partial charge in [0, 0.05) is 37.4 Å². The summed E-state index contributed by atoms with van der Waals surface area (Å²) in [6.45, 7) is 1.26. The summed E-state index contributed by atoms with van der Waals surface area (Å²) in [4.78, 5) is 26.7. The number of rotatable bonds is 5. The highest BCUT2D eigenvalue weighted by Gasteiger charge is 2.35. The largest absolute Gasteiger partial charge is 0.326 e. The van der Waals surface area contributed by atoms with E-state index < -0.39 is 21.8 Å². The molecule has 32 heavy (non-hydrogen) atoms. The normalized spacial score (nSPS) is 20.2. The summed E-state index contributed by atoms with van der Waals surface area (Å²) < 4.78 is 40.4. The smallest absolute Gasteiger partial charge is 0.243 e. The highest BCUT2D eigenvalue weighted by Crippen LogP contribution is 2.27. The second kappa shape index (κ2) is 9.38. The Morgan fingerprint density at radius 3 is 2.19 bits per heavy atom. The first-order valence-corrected chi connectivity index (χ1v) is 12.3. The van der Waals surface area contributed by atoms with E-state index in [0.29, 0.717) is 24.5 Å². The van der Waals surface area contributed by atoms with Crippen molar-refractivity contribution in [3.05, 3.63) is 54.3 Å². The molecule has 2 fully saturated rings. The number of carbonyl (C=O) groups is 2. The first kappa shape index (κ1) is 22.4. The molecule has 0 saturated carbocycles. The van der Waals surface area contributed by atoms with E-state index in [1.165, 1.54) is 45.6 Å². The van der Waals surface area contributed by atoms with Gasteiger partial charge in [-0.3, -0.25) is 9.59 Å². The van der Waals surface area contributed by atoms with E-state index in [0.717, 1.165) is 25.7 Å². The lowest BCUT2D eigenvalue weighted by molar-refractivity contribution is -0.122. The van der Waals surface area contributed by atoms with Crippen molar-refractivity contribution in [2.75, 3.05) is 29.9 Å². The lowest BCUT2D eigenvalue weighted by Crippen LogP contribution is -2.32. The van der Waals surface area contributed by atoms with Gasteiger partial charge in [0.1, 0.15) is 5.82 Å². The highest BCUT2D eigenvalue weighted by atomic mass is 32.2. The van der Waals surface area contributed by atoms with Crippen LogP contribution in [0.3, 0.4) is 0 Å². The molecule has 2 aromatic rings. The van der Waals surface area contributed by atoms with Gasteiger partial charge in [-0.05, 0) is 61.4 Å². The number of nitrogens with zero attached hydrogens (tertiary/aromatic N) is 2. The molecular weight excluding hydrogens is 433 g/mol. The maximum absolute atomic E-state index is 13.1. The minimum absolute atomic E-state index is 0.0602. The van der Waals surface area contributed by atoms with Gasteiger partial charge in [-0.1, -0.05) is 12.8 Å². The monoisotopic (exact) mass is 459 g/mol. The molecule has 0 aromatic heterocycles. The Labute approximate surface area is 187 Å². The van der Waals surface area contributed by atoms with Crippen molar-refractivity contribution in [2.45, 2.75) is 37.0 Å². The van der Waals surface area contributed by atoms with E-state index in [4.69, 9.17) is 0 Å². The summed E-state index contributed by atoms with van der Waals surface area (Å²) in [5.74, 6) is -1.45. The van der Waals surface area contributed by atoms with E-state index in [9.17, 15) is 22.4 Å². The molecule has 1 N–H and O–H groups in total. The molecule has 0 spiro atoms. The third kappa shape index (κ3) is 4.83. The second-order valence-corrected chi connectivity index (χ2v) is 10.2. The summed E-state index contributed by atoms with van der Waals surface area (Å²) in [5.41, 5.74) is 1.02. The maximum Gasteiger partial charge on any atom is 0.243 e. The SMILES string of the molecule is O=C(Nc1ccc(S(=O)(=O)N2CCCCCC2)cc1)[C@H]1CC(=O)N(c2ccc(F)cc2)C1. The van der Waals surface area contributed by atoms with Crippen LogP contribution >= 0.6 is 0 Å². The average Bonchev–Trinajstić information content (AvgIpc) is 2.98. The lowest BCUT2D eigenvalue weighted by atomic mass is 10.1. The first-order chi connectivity index (χ1) is 15.3. The van der Waals surface area contributed by atoms with Gasteiger partial charge in [0.15, 0.2) is 0 Å². The average molecular weight is 460 g/mol. The summed E-state index contributed by atoms with van der Waals surface area (Å²) in [7, 11) is -3.55. The van der Waals surface area contributed by atoms with Crippen LogP contribution in [-0.4, -0.2) is 44.2 Å². The van der Waals surface area contributed by atoms with Gasteiger partial charge in [-0.2, -0.15) is 4.31 Å². The molecule has 0 unspecified atom stereocenters. The summed E-state index contributed by atoms with van der Waals surface area (Å²) in [6, 6.07) is 11.7. The van der Waals surface area contributed by atoms with Crippen molar-refractivity contribution in [1.29, 1.82) is 0 Å². The number of benzene rings is 2. The van der Waals surface area contributed by atoms with Crippen LogP contribution < -0.4 is 10.2 Å². The minimum Gasteiger partial charge on any atom is -0.326 e. The van der Waals surface area contributed by atoms with Crippen molar-refractivity contribution in [3.63, 3.8) is 0 Å². The number of carbonyl (C=O) groups excluding carboxylic acids is 2. The van der Waals surface area contributed by atoms with Crippen molar-refractivity contribution in [2.24, 2.45) is 5.92 Å². The van der Waals surface area contributed by atoms with E-state index >= 15 is 0 Å². The van der Waals surface area contributed by atoms with Crippen LogP contribution in [0.1, 0.15) is 32.1 Å². The molecule has 2 aromatic carbocycles. The molecule has 0 aliphatic carbocycles. The van der Waals surface area contributed by atoms with Crippen LogP contribution in [0.2, 0.25) is 0 Å². The van der Waals surface area contributed by atoms with Crippen LogP contribution in [0.4, 0.5) is 15.8 Å². The summed E-state index contributed by atoms with van der Waals surface area (Å²) >= 11 is 0. The number of sulfonamides is 1. The third-order valence-electron chi connectivity index (χ3n) is 5.96. The quantitative estimate of drug-likeness (QED) is 0.743. The van der Waals surface area contributed by atoms with Crippen LogP contribution in [0.5, 0.6) is 0 Å². The Bertz CT molecular complexity index is 1080. The Balaban J connectivity index is 1.39. The number of hydrogen-bond donors (Lipinski definition) is 1. The molecule has 4 rings (SSSR count). The standard InChI is InChI=1S/C23H26FN3O4S/c24-18-5-9-20(10-6-18)27-16-17(15-22(27)28)23(29)25-19-7-11-21(12-8-19)32(30,31)26-13-3-1-2-4-14-26/h5-12,17H,1-4,13-16H2,(H,25,29)/t17-/m0/s1. The van der Waals surface area contributed by atoms with E-state index in [-0.39, 0.29) is 29.7 Å². The third-order valence-corrected chi connectivity index (χ3v) is 7.87. The summed E-state index contributed by atoms with van der Waals surface area (Å²) in [6.07, 6.45) is 3.87. The first-order valence-electron chi connectivity index (χ1n) is 10.8. The topological polar surface area (TPSA) is 86.8 Å². The van der Waals surface area contributed by atoms with Crippen molar-refractivity contribution < 1.29 is 22.4 Å². The van der Waals surface area contributed by atoms with Crippen LogP contribution in [-0.2, 0) is 19.6 Å². The molecule has 2 aliphatic rings. The number of nitrogens with one attached hydrogen (secondary N) is 1. The Morgan fingerprint density at radius 2 is 1.56 bits per heavy atom. The van der Waals surface area contributed by atoms with Gasteiger partial charge >= 0.3 is 0 Å². The van der Waals surface area contributed by atoms with Crippen molar-refractivity contribution in [1.82, 2.24) is 4.31 Å². The van der Waals surface area contributed by atoms with E-state index in [1.54, 1.807) is 12.1 Å². The van der Waals surface area contributed by atoms with E-state index in [2.05, 4.69) is 5.32 Å². The number of hydrogen-bond acceptors (Lipinski definition) is 4. The maximum atomic E-state index is 13.1. The Hall–Kier alpha value is -2.78. The van der Waals surface area contributed by atoms with Gasteiger partial charge in [-0.15, -0.1) is 0 Å². The predicted molar refractivity (Wildman–Crippen MR) is 119 cm³/mol. The van der Waals surface area contributed by atoms with Crippen molar-refractivity contribution >= 4 is 33.2 Å². The molecule has 2 heterocycles. The zero-order chi connectivity index (χ0) is 22.7. The molecule has 7 nitrogen and oxygen atoms in total. The molecule has 1 atom stereocenters. The minimum atomic E-state index is -3.55. The Morgan fingerprint density at radius 1 is 0.938 bits per heavy atom. The molecule has 2 amide bonds. The number of halogens is 1. The zero-order valence-electron chi connectivity index (χ0n) is 17.7. The zero-order valence-corrected chi connectivity index (χ0v) is 18.5. The summed E-state index contributed by atoms with van der Waals surface area (Å²) in [5, 5.41) is 2.77. The van der Waals surface area contributed by atoms with Gasteiger partial charge in [-0.25, -0.2) is 12.8 Å². The van der Waals surface area contributed by atoms with Gasteiger partial charge in [0.2, 0.25) is 21.8 Å². The van der Waals surface area contributed by atoms with Crippen molar-refractivity contribution in [3.8, 4) is 0 Å². The van der Waals surface area contributed by atoms with Gasteiger partial charge in [0.25, 0.3) is 0 Å². The molecule has 170 valence electrons. The highest BCUT2D eigenvalue weighted by molar-refractivity contribution is 7.89. The van der Waals surface area contributed by atoms with Gasteiger partial charge in [0.05, 0.1) is 10.8 Å². The van der Waals surface area contributed by atoms with Crippen LogP contribution in [0, 0.1) is 11.7 Å². The molecule has 0 bridgehead atoms. The molecule has 9 heteroatoms. The number of amides is 2. The molecule has 2 saturated heterocycles. The number of anilines is 2. The fraction of sp³-hybridized carbons (Fsp3) is 0.391.